The molecule has 0 aromatic rings. The molecule has 1 amide bonds. The van der Waals surface area contributed by atoms with Crippen molar-refractivity contribution in [1.82, 2.24) is 10.2 Å². The fourth-order valence-electron chi connectivity index (χ4n) is 3.78. The van der Waals surface area contributed by atoms with E-state index in [1.165, 1.54) is 11.1 Å². The number of thiocarbonyl (C=S) groups is 1. The van der Waals surface area contributed by atoms with Gasteiger partial charge in [-0.1, -0.05) is 19.4 Å². The van der Waals surface area contributed by atoms with Crippen LogP contribution < -0.4 is 5.32 Å². The molecule has 4 heteroatoms. The van der Waals surface area contributed by atoms with E-state index in [2.05, 4.69) is 33.0 Å². The van der Waals surface area contributed by atoms with Crippen LogP contribution in [0.1, 0.15) is 47.0 Å². The number of rotatable bonds is 2. The Morgan fingerprint density at radius 3 is 2.28 bits per heavy atom. The first-order chi connectivity index (χ1) is 8.36. The topological polar surface area (TPSA) is 32.3 Å². The first kappa shape index (κ1) is 13.5. The molecule has 100 valence electrons. The van der Waals surface area contributed by atoms with Gasteiger partial charge >= 0.3 is 0 Å². The van der Waals surface area contributed by atoms with Crippen LogP contribution in [0.25, 0.3) is 0 Å². The van der Waals surface area contributed by atoms with Crippen LogP contribution in [0.15, 0.2) is 11.1 Å². The van der Waals surface area contributed by atoms with Crippen LogP contribution in [0.4, 0.5) is 0 Å². The first-order valence-corrected chi connectivity index (χ1v) is 7.04. The summed E-state index contributed by atoms with van der Waals surface area (Å²) in [5.74, 6) is 0.116. The number of carbonyl (C=O) groups excluding carboxylic acids is 1. The summed E-state index contributed by atoms with van der Waals surface area (Å²) in [6.45, 7) is 8.57. The van der Waals surface area contributed by atoms with Crippen LogP contribution in [0, 0.1) is 5.41 Å². The molecular weight excluding hydrogens is 244 g/mol. The van der Waals surface area contributed by atoms with E-state index in [0.29, 0.717) is 5.11 Å². The van der Waals surface area contributed by atoms with E-state index in [1.807, 2.05) is 0 Å². The largest absolute Gasteiger partial charge is 0.344 e. The Kier molecular flexibility index (Phi) is 3.05. The van der Waals surface area contributed by atoms with Crippen LogP contribution in [-0.4, -0.2) is 28.5 Å². The minimum absolute atomic E-state index is 0.0347. The lowest BCUT2D eigenvalue weighted by Crippen LogP contribution is -2.58. The first-order valence-electron chi connectivity index (χ1n) is 6.63. The zero-order chi connectivity index (χ0) is 13.7. The van der Waals surface area contributed by atoms with Gasteiger partial charge in [-0.25, -0.2) is 0 Å². The Morgan fingerprint density at radius 2 is 1.89 bits per heavy atom. The summed E-state index contributed by atoms with van der Waals surface area (Å²) in [5, 5.41) is 3.91. The zero-order valence-corrected chi connectivity index (χ0v) is 12.7. The second-order valence-corrected chi connectivity index (χ2v) is 6.00. The van der Waals surface area contributed by atoms with Crippen molar-refractivity contribution in [1.29, 1.82) is 0 Å². The Balaban J connectivity index is 2.64. The molecule has 0 saturated carbocycles. The number of amides is 1. The van der Waals surface area contributed by atoms with Gasteiger partial charge in [-0.05, 0) is 50.9 Å². The summed E-state index contributed by atoms with van der Waals surface area (Å²) in [6.07, 6.45) is 2.95. The molecule has 1 aliphatic heterocycles. The van der Waals surface area contributed by atoms with Gasteiger partial charge in [0, 0.05) is 12.5 Å². The van der Waals surface area contributed by atoms with Gasteiger partial charge in [0.2, 0.25) is 0 Å². The predicted octanol–water partition coefficient (Wildman–Crippen LogP) is 2.62. The highest BCUT2D eigenvalue weighted by molar-refractivity contribution is 7.80. The van der Waals surface area contributed by atoms with Crippen molar-refractivity contribution in [3.63, 3.8) is 0 Å². The number of carbonyl (C=O) groups is 1. The predicted molar refractivity (Wildman–Crippen MR) is 77.2 cm³/mol. The highest BCUT2D eigenvalue weighted by Gasteiger charge is 2.64. The highest BCUT2D eigenvalue weighted by atomic mass is 32.1. The quantitative estimate of drug-likeness (QED) is 0.616. The maximum Gasteiger partial charge on any atom is 0.259 e. The van der Waals surface area contributed by atoms with Crippen LogP contribution >= 0.6 is 12.2 Å². The number of nitrogens with zero attached hydrogens (tertiary/aromatic N) is 1. The lowest BCUT2D eigenvalue weighted by molar-refractivity contribution is -0.133. The summed E-state index contributed by atoms with van der Waals surface area (Å²) in [7, 11) is 1.77. The minimum atomic E-state index is -0.591. The van der Waals surface area contributed by atoms with Crippen LogP contribution in [0.3, 0.4) is 0 Å². The monoisotopic (exact) mass is 266 g/mol. The maximum atomic E-state index is 12.8. The molecule has 0 aromatic carbocycles. The molecule has 0 radical (unpaired) electrons. The molecule has 1 spiro atoms. The maximum absolute atomic E-state index is 12.8. The van der Waals surface area contributed by atoms with Crippen molar-refractivity contribution in [2.75, 3.05) is 7.05 Å². The third-order valence-electron chi connectivity index (χ3n) is 5.18. The smallest absolute Gasteiger partial charge is 0.259 e. The molecule has 1 aliphatic carbocycles. The van der Waals surface area contributed by atoms with Gasteiger partial charge in [0.15, 0.2) is 5.11 Å². The van der Waals surface area contributed by atoms with Crippen molar-refractivity contribution in [3.05, 3.63) is 11.1 Å². The van der Waals surface area contributed by atoms with Gasteiger partial charge in [0.1, 0.15) is 5.54 Å². The second kappa shape index (κ2) is 4.05. The molecule has 3 nitrogen and oxygen atoms in total. The zero-order valence-electron chi connectivity index (χ0n) is 11.9. The summed E-state index contributed by atoms with van der Waals surface area (Å²) in [5.41, 5.74) is 1.88. The fraction of sp³-hybridized carbons (Fsp3) is 0.714. The van der Waals surface area contributed by atoms with E-state index in [0.717, 1.165) is 19.3 Å². The molecule has 1 N–H and O–H groups in total. The van der Waals surface area contributed by atoms with E-state index >= 15 is 0 Å². The van der Waals surface area contributed by atoms with Crippen molar-refractivity contribution in [2.45, 2.75) is 52.5 Å². The number of allylic oxidation sites excluding steroid dienone is 1. The van der Waals surface area contributed by atoms with E-state index in [4.69, 9.17) is 12.2 Å². The molecule has 1 atom stereocenters. The number of hydrogen-bond donors (Lipinski definition) is 1. The van der Waals surface area contributed by atoms with Gasteiger partial charge in [0.25, 0.3) is 5.91 Å². The Bertz CT molecular complexity index is 451. The van der Waals surface area contributed by atoms with E-state index in [-0.39, 0.29) is 11.3 Å². The normalized spacial score (nSPS) is 30.6. The Morgan fingerprint density at radius 1 is 1.33 bits per heavy atom. The van der Waals surface area contributed by atoms with Gasteiger partial charge in [-0.3, -0.25) is 9.69 Å². The van der Waals surface area contributed by atoms with Crippen molar-refractivity contribution < 1.29 is 4.79 Å². The van der Waals surface area contributed by atoms with E-state index in [1.54, 1.807) is 11.9 Å². The molecular formula is C14H22N2OS. The highest BCUT2D eigenvalue weighted by Crippen LogP contribution is 2.55. The van der Waals surface area contributed by atoms with Gasteiger partial charge < -0.3 is 5.32 Å². The molecule has 1 fully saturated rings. The SMILES string of the molecule is CCC1(CC)CC(C)=C(C)C12NC(=S)N(C)C2=O. The summed E-state index contributed by atoms with van der Waals surface area (Å²) >= 11 is 5.29. The summed E-state index contributed by atoms with van der Waals surface area (Å²) in [6, 6.07) is 0. The lowest BCUT2D eigenvalue weighted by atomic mass is 9.65. The average molecular weight is 266 g/mol. The third-order valence-corrected chi connectivity index (χ3v) is 5.56. The molecule has 2 rings (SSSR count). The molecule has 18 heavy (non-hydrogen) atoms. The van der Waals surface area contributed by atoms with Gasteiger partial charge in [-0.2, -0.15) is 0 Å². The molecule has 0 bridgehead atoms. The summed E-state index contributed by atoms with van der Waals surface area (Å²) in [4.78, 5) is 14.4. The molecule has 1 heterocycles. The number of nitrogens with one attached hydrogen (secondary N) is 1. The van der Waals surface area contributed by atoms with Crippen molar-refractivity contribution >= 4 is 23.2 Å². The minimum Gasteiger partial charge on any atom is -0.344 e. The molecule has 2 aliphatic rings. The fourth-order valence-corrected chi connectivity index (χ4v) is 4.01. The van der Waals surface area contributed by atoms with Crippen LogP contribution in [0.5, 0.6) is 0 Å². The molecule has 1 unspecified atom stereocenters. The third kappa shape index (κ3) is 1.30. The van der Waals surface area contributed by atoms with E-state index < -0.39 is 5.54 Å². The Hall–Kier alpha value is -0.900. The number of likely N-dealkylation sites (N-methyl/N-ethyl adjacent to an activating group) is 1. The lowest BCUT2D eigenvalue weighted by Gasteiger charge is -2.42. The van der Waals surface area contributed by atoms with E-state index in [9.17, 15) is 4.79 Å². The van der Waals surface area contributed by atoms with Gasteiger partial charge in [0.05, 0.1) is 0 Å². The number of hydrogen-bond acceptors (Lipinski definition) is 2. The molecule has 1 saturated heterocycles. The second-order valence-electron chi connectivity index (χ2n) is 5.61. The van der Waals surface area contributed by atoms with Crippen LogP contribution in [0.2, 0.25) is 0 Å². The van der Waals surface area contributed by atoms with Crippen LogP contribution in [-0.2, 0) is 4.79 Å². The average Bonchev–Trinajstić information content (AvgIpc) is 2.72. The molecule has 0 aromatic heterocycles. The van der Waals surface area contributed by atoms with Crippen molar-refractivity contribution in [2.24, 2.45) is 5.41 Å². The summed E-state index contributed by atoms with van der Waals surface area (Å²) < 4.78 is 0. The Labute approximate surface area is 115 Å². The standard InChI is InChI=1S/C14H22N2OS/c1-6-13(7-2)8-9(3)10(4)14(13)11(17)16(5)12(18)15-14/h6-8H2,1-5H3,(H,15,18). The van der Waals surface area contributed by atoms with Gasteiger partial charge in [-0.15, -0.1) is 0 Å². The van der Waals surface area contributed by atoms with Crippen molar-refractivity contribution in [3.8, 4) is 0 Å².